The number of aryl methyl sites for hydroxylation is 1. The fourth-order valence-corrected chi connectivity index (χ4v) is 2.09. The van der Waals surface area contributed by atoms with Gasteiger partial charge in [-0.2, -0.15) is 0 Å². The standard InChI is InChI=1S/C17H20/c1-13(2)17(4)10-8-15(9-11-17)16-7-5-6-14(3)12-16/h5-10,12H,1,11H2,2-4H3. The van der Waals surface area contributed by atoms with E-state index in [1.807, 2.05) is 0 Å². The molecule has 1 aromatic rings. The third-order valence-electron chi connectivity index (χ3n) is 3.70. The van der Waals surface area contributed by atoms with Crippen molar-refractivity contribution in [3.63, 3.8) is 0 Å². The summed E-state index contributed by atoms with van der Waals surface area (Å²) in [5, 5.41) is 0. The van der Waals surface area contributed by atoms with E-state index in [0.29, 0.717) is 0 Å². The molecule has 0 saturated heterocycles. The van der Waals surface area contributed by atoms with Crippen molar-refractivity contribution in [3.8, 4) is 0 Å². The molecule has 0 spiro atoms. The van der Waals surface area contributed by atoms with Crippen molar-refractivity contribution >= 4 is 5.57 Å². The van der Waals surface area contributed by atoms with Gasteiger partial charge in [0, 0.05) is 5.41 Å². The monoisotopic (exact) mass is 224 g/mol. The third-order valence-corrected chi connectivity index (χ3v) is 3.70. The first-order valence-corrected chi connectivity index (χ1v) is 6.14. The van der Waals surface area contributed by atoms with E-state index in [1.54, 1.807) is 0 Å². The Morgan fingerprint density at radius 1 is 1.35 bits per heavy atom. The molecule has 1 aromatic carbocycles. The third kappa shape index (κ3) is 2.41. The topological polar surface area (TPSA) is 0 Å². The maximum Gasteiger partial charge on any atom is 0.00950 e. The number of benzene rings is 1. The highest BCUT2D eigenvalue weighted by Crippen LogP contribution is 2.37. The predicted octanol–water partition coefficient (Wildman–Crippen LogP) is 4.92. The van der Waals surface area contributed by atoms with Crippen LogP contribution in [0.5, 0.6) is 0 Å². The molecule has 0 saturated carbocycles. The molecule has 88 valence electrons. The van der Waals surface area contributed by atoms with Crippen LogP contribution in [0.25, 0.3) is 5.57 Å². The Hall–Kier alpha value is -1.56. The zero-order valence-electron chi connectivity index (χ0n) is 11.0. The Morgan fingerprint density at radius 3 is 2.65 bits per heavy atom. The summed E-state index contributed by atoms with van der Waals surface area (Å²) in [6.07, 6.45) is 7.88. The van der Waals surface area contributed by atoms with Crippen LogP contribution in [0.15, 0.2) is 54.6 Å². The highest BCUT2D eigenvalue weighted by atomic mass is 14.3. The lowest BCUT2D eigenvalue weighted by molar-refractivity contribution is 0.521. The molecule has 1 aliphatic carbocycles. The smallest absolute Gasteiger partial charge is 0.00950 e. The van der Waals surface area contributed by atoms with Crippen LogP contribution >= 0.6 is 0 Å². The number of hydrogen-bond acceptors (Lipinski definition) is 0. The van der Waals surface area contributed by atoms with Crippen molar-refractivity contribution in [3.05, 3.63) is 65.8 Å². The van der Waals surface area contributed by atoms with Crippen molar-refractivity contribution in [1.82, 2.24) is 0 Å². The molecule has 0 heteroatoms. The summed E-state index contributed by atoms with van der Waals surface area (Å²) in [5.74, 6) is 0. The highest BCUT2D eigenvalue weighted by Gasteiger charge is 2.23. The van der Waals surface area contributed by atoms with Gasteiger partial charge in [-0.1, -0.05) is 67.1 Å². The van der Waals surface area contributed by atoms with Gasteiger partial charge in [-0.05, 0) is 31.4 Å². The summed E-state index contributed by atoms with van der Waals surface area (Å²) in [6.45, 7) is 10.6. The van der Waals surface area contributed by atoms with Crippen molar-refractivity contribution in [1.29, 1.82) is 0 Å². The maximum absolute atomic E-state index is 4.08. The van der Waals surface area contributed by atoms with Gasteiger partial charge in [-0.25, -0.2) is 0 Å². The molecule has 0 N–H and O–H groups in total. The quantitative estimate of drug-likeness (QED) is 0.625. The van der Waals surface area contributed by atoms with E-state index < -0.39 is 0 Å². The largest absolute Gasteiger partial charge is 0.0993 e. The van der Waals surface area contributed by atoms with E-state index in [2.05, 4.69) is 69.8 Å². The lowest BCUT2D eigenvalue weighted by atomic mass is 9.76. The van der Waals surface area contributed by atoms with Crippen LogP contribution in [-0.4, -0.2) is 0 Å². The molecule has 0 heterocycles. The van der Waals surface area contributed by atoms with Crippen LogP contribution < -0.4 is 0 Å². The van der Waals surface area contributed by atoms with Gasteiger partial charge in [0.1, 0.15) is 0 Å². The molecule has 0 bridgehead atoms. The summed E-state index contributed by atoms with van der Waals surface area (Å²) in [4.78, 5) is 0. The van der Waals surface area contributed by atoms with E-state index >= 15 is 0 Å². The Labute approximate surface area is 104 Å². The molecule has 1 atom stereocenters. The molecule has 0 aliphatic heterocycles. The molecule has 17 heavy (non-hydrogen) atoms. The minimum absolute atomic E-state index is 0.132. The minimum atomic E-state index is 0.132. The maximum atomic E-state index is 4.08. The van der Waals surface area contributed by atoms with Gasteiger partial charge in [0.25, 0.3) is 0 Å². The second kappa shape index (κ2) is 4.37. The van der Waals surface area contributed by atoms with Gasteiger partial charge in [0.15, 0.2) is 0 Å². The number of hydrogen-bond donors (Lipinski definition) is 0. The minimum Gasteiger partial charge on any atom is -0.0993 e. The first-order valence-electron chi connectivity index (χ1n) is 6.14. The average molecular weight is 224 g/mol. The van der Waals surface area contributed by atoms with E-state index in [9.17, 15) is 0 Å². The van der Waals surface area contributed by atoms with E-state index in [1.165, 1.54) is 22.3 Å². The van der Waals surface area contributed by atoms with Crippen LogP contribution in [-0.2, 0) is 0 Å². The normalized spacial score (nSPS) is 23.4. The van der Waals surface area contributed by atoms with E-state index in [4.69, 9.17) is 0 Å². The average Bonchev–Trinajstić information content (AvgIpc) is 2.30. The molecule has 0 aromatic heterocycles. The summed E-state index contributed by atoms with van der Waals surface area (Å²) in [5.41, 5.74) is 5.31. The summed E-state index contributed by atoms with van der Waals surface area (Å²) in [7, 11) is 0. The number of allylic oxidation sites excluding steroid dienone is 5. The molecule has 0 nitrogen and oxygen atoms in total. The SMILES string of the molecule is C=C(C)C1(C)C=CC(c2cccc(C)c2)=CC1. The highest BCUT2D eigenvalue weighted by molar-refractivity contribution is 5.75. The van der Waals surface area contributed by atoms with Gasteiger partial charge in [0.05, 0.1) is 0 Å². The van der Waals surface area contributed by atoms with Gasteiger partial charge < -0.3 is 0 Å². The Balaban J connectivity index is 2.26. The van der Waals surface area contributed by atoms with E-state index in [-0.39, 0.29) is 5.41 Å². The predicted molar refractivity (Wildman–Crippen MR) is 75.8 cm³/mol. The molecule has 1 aliphatic rings. The second-order valence-electron chi connectivity index (χ2n) is 5.26. The first-order chi connectivity index (χ1) is 8.01. The van der Waals surface area contributed by atoms with Crippen LogP contribution in [0.3, 0.4) is 0 Å². The van der Waals surface area contributed by atoms with Crippen LogP contribution in [0.1, 0.15) is 31.4 Å². The van der Waals surface area contributed by atoms with Crippen LogP contribution in [0.2, 0.25) is 0 Å². The Bertz CT molecular complexity index is 503. The summed E-state index contributed by atoms with van der Waals surface area (Å²) in [6, 6.07) is 8.66. The fourth-order valence-electron chi connectivity index (χ4n) is 2.09. The van der Waals surface area contributed by atoms with Gasteiger partial charge in [-0.3, -0.25) is 0 Å². The second-order valence-corrected chi connectivity index (χ2v) is 5.26. The first kappa shape index (κ1) is 11.9. The van der Waals surface area contributed by atoms with E-state index in [0.717, 1.165) is 6.42 Å². The van der Waals surface area contributed by atoms with Crippen molar-refractivity contribution in [2.45, 2.75) is 27.2 Å². The molecule has 1 unspecified atom stereocenters. The lowest BCUT2D eigenvalue weighted by Crippen LogP contribution is -2.15. The molecular formula is C17H20. The zero-order valence-corrected chi connectivity index (χ0v) is 11.0. The van der Waals surface area contributed by atoms with Gasteiger partial charge in [0.2, 0.25) is 0 Å². The zero-order chi connectivity index (χ0) is 12.5. The van der Waals surface area contributed by atoms with Crippen molar-refractivity contribution in [2.24, 2.45) is 5.41 Å². The van der Waals surface area contributed by atoms with Crippen LogP contribution in [0, 0.1) is 12.3 Å². The Kier molecular flexibility index (Phi) is 3.06. The van der Waals surface area contributed by atoms with Crippen molar-refractivity contribution < 1.29 is 0 Å². The molecular weight excluding hydrogens is 204 g/mol. The fraction of sp³-hybridized carbons (Fsp3) is 0.294. The summed E-state index contributed by atoms with van der Waals surface area (Å²) < 4.78 is 0. The number of rotatable bonds is 2. The molecule has 0 radical (unpaired) electrons. The molecule has 0 fully saturated rings. The summed E-state index contributed by atoms with van der Waals surface area (Å²) >= 11 is 0. The van der Waals surface area contributed by atoms with Gasteiger partial charge in [-0.15, -0.1) is 0 Å². The van der Waals surface area contributed by atoms with Crippen molar-refractivity contribution in [2.75, 3.05) is 0 Å². The molecule has 0 amide bonds. The van der Waals surface area contributed by atoms with Gasteiger partial charge >= 0.3 is 0 Å². The van der Waals surface area contributed by atoms with Crippen LogP contribution in [0.4, 0.5) is 0 Å². The molecule has 2 rings (SSSR count). The lowest BCUT2D eigenvalue weighted by Gasteiger charge is -2.28. The Morgan fingerprint density at radius 2 is 2.12 bits per heavy atom.